The van der Waals surface area contributed by atoms with Crippen LogP contribution in [-0.4, -0.2) is 19.0 Å². The van der Waals surface area contributed by atoms with Crippen molar-refractivity contribution in [2.75, 3.05) is 13.1 Å². The van der Waals surface area contributed by atoms with Gasteiger partial charge in [0.1, 0.15) is 0 Å². The van der Waals surface area contributed by atoms with Crippen LogP contribution in [-0.2, 0) is 4.79 Å². The predicted octanol–water partition coefficient (Wildman–Crippen LogP) is 1.78. The lowest BCUT2D eigenvalue weighted by Gasteiger charge is -2.14. The first-order valence-corrected chi connectivity index (χ1v) is 5.70. The minimum atomic E-state index is 0.0430. The second-order valence-electron chi connectivity index (χ2n) is 3.97. The van der Waals surface area contributed by atoms with Crippen LogP contribution in [0.1, 0.15) is 31.0 Å². The molecular formula is C13H20N2O. The topological polar surface area (TPSA) is 41.1 Å². The fraction of sp³-hybridized carbons (Fsp3) is 0.462. The molecule has 2 N–H and O–H groups in total. The van der Waals surface area contributed by atoms with E-state index >= 15 is 0 Å². The summed E-state index contributed by atoms with van der Waals surface area (Å²) >= 11 is 0. The minimum Gasteiger partial charge on any atom is -0.355 e. The zero-order chi connectivity index (χ0) is 12.0. The third kappa shape index (κ3) is 4.03. The molecular weight excluding hydrogens is 200 g/mol. The average Bonchev–Trinajstić information content (AvgIpc) is 2.27. The molecule has 1 rings (SSSR count). The van der Waals surface area contributed by atoms with Gasteiger partial charge in [-0.15, -0.1) is 0 Å². The first-order chi connectivity index (χ1) is 7.63. The maximum atomic E-state index is 11.3. The van der Waals surface area contributed by atoms with Gasteiger partial charge >= 0.3 is 0 Å². The van der Waals surface area contributed by atoms with Gasteiger partial charge in [-0.05, 0) is 26.3 Å². The van der Waals surface area contributed by atoms with Crippen molar-refractivity contribution in [3.05, 3.63) is 35.4 Å². The average molecular weight is 220 g/mol. The number of hydrogen-bond donors (Lipinski definition) is 2. The van der Waals surface area contributed by atoms with Crippen LogP contribution < -0.4 is 10.6 Å². The third-order valence-electron chi connectivity index (χ3n) is 2.52. The van der Waals surface area contributed by atoms with Gasteiger partial charge in [0.05, 0.1) is 6.54 Å². The molecule has 0 saturated heterocycles. The monoisotopic (exact) mass is 220 g/mol. The molecule has 0 aliphatic carbocycles. The molecule has 1 atom stereocenters. The number of carbonyl (C=O) groups is 1. The smallest absolute Gasteiger partial charge is 0.233 e. The molecule has 0 aromatic heterocycles. The number of rotatable bonds is 5. The Morgan fingerprint density at radius 2 is 1.94 bits per heavy atom. The minimum absolute atomic E-state index is 0.0430. The first kappa shape index (κ1) is 12.7. The zero-order valence-corrected chi connectivity index (χ0v) is 10.2. The summed E-state index contributed by atoms with van der Waals surface area (Å²) in [4.78, 5) is 11.3. The molecule has 0 fully saturated rings. The highest BCUT2D eigenvalue weighted by Crippen LogP contribution is 2.12. The molecule has 0 unspecified atom stereocenters. The van der Waals surface area contributed by atoms with Gasteiger partial charge in [-0.1, -0.05) is 29.8 Å². The van der Waals surface area contributed by atoms with Crippen LogP contribution in [0, 0.1) is 6.92 Å². The second kappa shape index (κ2) is 6.28. The molecule has 0 aliphatic heterocycles. The molecule has 0 aliphatic rings. The van der Waals surface area contributed by atoms with Gasteiger partial charge < -0.3 is 10.6 Å². The first-order valence-electron chi connectivity index (χ1n) is 5.70. The van der Waals surface area contributed by atoms with Crippen molar-refractivity contribution in [3.8, 4) is 0 Å². The van der Waals surface area contributed by atoms with Crippen LogP contribution in [0.2, 0.25) is 0 Å². The van der Waals surface area contributed by atoms with Crippen LogP contribution in [0.3, 0.4) is 0 Å². The van der Waals surface area contributed by atoms with Crippen molar-refractivity contribution in [1.82, 2.24) is 10.6 Å². The van der Waals surface area contributed by atoms with E-state index in [4.69, 9.17) is 0 Å². The molecule has 1 aromatic carbocycles. The van der Waals surface area contributed by atoms with Crippen molar-refractivity contribution < 1.29 is 4.79 Å². The van der Waals surface area contributed by atoms with Gasteiger partial charge in [0.15, 0.2) is 0 Å². The van der Waals surface area contributed by atoms with Crippen molar-refractivity contribution in [2.24, 2.45) is 0 Å². The molecule has 16 heavy (non-hydrogen) atoms. The Kier molecular flexibility index (Phi) is 4.99. The summed E-state index contributed by atoms with van der Waals surface area (Å²) in [5.74, 6) is 0.0430. The van der Waals surface area contributed by atoms with Crippen molar-refractivity contribution in [3.63, 3.8) is 0 Å². The SMILES string of the molecule is CCNC(=O)CN[C@H](C)c1ccc(C)cc1. The van der Waals surface area contributed by atoms with Gasteiger partial charge in [-0.3, -0.25) is 4.79 Å². The van der Waals surface area contributed by atoms with Crippen molar-refractivity contribution in [2.45, 2.75) is 26.8 Å². The maximum absolute atomic E-state index is 11.3. The van der Waals surface area contributed by atoms with E-state index < -0.39 is 0 Å². The third-order valence-corrected chi connectivity index (χ3v) is 2.52. The van der Waals surface area contributed by atoms with Crippen LogP contribution in [0.5, 0.6) is 0 Å². The Hall–Kier alpha value is -1.35. The molecule has 0 bridgehead atoms. The number of amides is 1. The summed E-state index contributed by atoms with van der Waals surface area (Å²) in [6.45, 7) is 7.09. The van der Waals surface area contributed by atoms with E-state index in [0.29, 0.717) is 13.1 Å². The molecule has 0 spiro atoms. The molecule has 0 radical (unpaired) electrons. The lowest BCUT2D eigenvalue weighted by molar-refractivity contribution is -0.120. The molecule has 3 heteroatoms. The Morgan fingerprint density at radius 1 is 1.31 bits per heavy atom. The lowest BCUT2D eigenvalue weighted by atomic mass is 10.1. The van der Waals surface area contributed by atoms with Crippen LogP contribution in [0.15, 0.2) is 24.3 Å². The van der Waals surface area contributed by atoms with Crippen LogP contribution in [0.25, 0.3) is 0 Å². The van der Waals surface area contributed by atoms with E-state index in [0.717, 1.165) is 0 Å². The molecule has 1 aromatic rings. The Morgan fingerprint density at radius 3 is 2.50 bits per heavy atom. The normalized spacial score (nSPS) is 12.2. The molecule has 0 saturated carbocycles. The number of likely N-dealkylation sites (N-methyl/N-ethyl adjacent to an activating group) is 1. The lowest BCUT2D eigenvalue weighted by Crippen LogP contribution is -2.34. The number of aryl methyl sites for hydroxylation is 1. The van der Waals surface area contributed by atoms with Crippen molar-refractivity contribution >= 4 is 5.91 Å². The summed E-state index contributed by atoms with van der Waals surface area (Å²) in [7, 11) is 0. The molecule has 3 nitrogen and oxygen atoms in total. The highest BCUT2D eigenvalue weighted by atomic mass is 16.1. The number of nitrogens with one attached hydrogen (secondary N) is 2. The quantitative estimate of drug-likeness (QED) is 0.794. The Balaban J connectivity index is 2.43. The fourth-order valence-electron chi connectivity index (χ4n) is 1.48. The van der Waals surface area contributed by atoms with Crippen molar-refractivity contribution in [1.29, 1.82) is 0 Å². The molecule has 1 amide bonds. The second-order valence-corrected chi connectivity index (χ2v) is 3.97. The van der Waals surface area contributed by atoms with E-state index in [9.17, 15) is 4.79 Å². The molecule has 88 valence electrons. The summed E-state index contributed by atoms with van der Waals surface area (Å²) < 4.78 is 0. The van der Waals surface area contributed by atoms with Gasteiger partial charge in [-0.25, -0.2) is 0 Å². The summed E-state index contributed by atoms with van der Waals surface area (Å²) in [5, 5.41) is 5.95. The highest BCUT2D eigenvalue weighted by Gasteiger charge is 2.06. The number of benzene rings is 1. The van der Waals surface area contributed by atoms with E-state index in [1.807, 2.05) is 6.92 Å². The summed E-state index contributed by atoms with van der Waals surface area (Å²) in [6.07, 6.45) is 0. The van der Waals surface area contributed by atoms with E-state index in [1.54, 1.807) is 0 Å². The summed E-state index contributed by atoms with van der Waals surface area (Å²) in [6, 6.07) is 8.54. The zero-order valence-electron chi connectivity index (χ0n) is 10.2. The van der Waals surface area contributed by atoms with Gasteiger partial charge in [0, 0.05) is 12.6 Å². The van der Waals surface area contributed by atoms with Crippen LogP contribution >= 0.6 is 0 Å². The fourth-order valence-corrected chi connectivity index (χ4v) is 1.48. The Bertz CT molecular complexity index is 332. The standard InChI is InChI=1S/C13H20N2O/c1-4-14-13(16)9-15-11(3)12-7-5-10(2)6-8-12/h5-8,11,15H,4,9H2,1-3H3,(H,14,16)/t11-/m1/s1. The van der Waals surface area contributed by atoms with E-state index in [2.05, 4.69) is 48.7 Å². The van der Waals surface area contributed by atoms with Crippen LogP contribution in [0.4, 0.5) is 0 Å². The van der Waals surface area contributed by atoms with Gasteiger partial charge in [0.25, 0.3) is 0 Å². The maximum Gasteiger partial charge on any atom is 0.233 e. The van der Waals surface area contributed by atoms with E-state index in [-0.39, 0.29) is 11.9 Å². The van der Waals surface area contributed by atoms with Gasteiger partial charge in [0.2, 0.25) is 5.91 Å². The van der Waals surface area contributed by atoms with E-state index in [1.165, 1.54) is 11.1 Å². The predicted molar refractivity (Wildman–Crippen MR) is 66.3 cm³/mol. The summed E-state index contributed by atoms with van der Waals surface area (Å²) in [5.41, 5.74) is 2.45. The number of hydrogen-bond acceptors (Lipinski definition) is 2. The molecule has 0 heterocycles. The highest BCUT2D eigenvalue weighted by molar-refractivity contribution is 5.77. The van der Waals surface area contributed by atoms with Gasteiger partial charge in [-0.2, -0.15) is 0 Å². The largest absolute Gasteiger partial charge is 0.355 e. The number of carbonyl (C=O) groups excluding carboxylic acids is 1. The Labute approximate surface area is 97.2 Å².